The van der Waals surface area contributed by atoms with E-state index >= 15 is 0 Å². The van der Waals surface area contributed by atoms with E-state index in [1.807, 2.05) is 24.3 Å². The molecule has 1 fully saturated rings. The molecule has 2 aromatic rings. The van der Waals surface area contributed by atoms with E-state index in [2.05, 4.69) is 17.1 Å². The highest BCUT2D eigenvalue weighted by Gasteiger charge is 2.24. The number of hydrogen-bond acceptors (Lipinski definition) is 7. The van der Waals surface area contributed by atoms with Crippen LogP contribution in [0.5, 0.6) is 5.75 Å². The van der Waals surface area contributed by atoms with Crippen molar-refractivity contribution in [2.24, 2.45) is 0 Å². The second kappa shape index (κ2) is 13.8. The molecule has 1 aliphatic rings. The molecule has 0 aliphatic carbocycles. The number of carboxylic acid groups (broad SMARTS) is 1. The fourth-order valence-electron chi connectivity index (χ4n) is 4.59. The van der Waals surface area contributed by atoms with Crippen LogP contribution in [-0.4, -0.2) is 63.6 Å². The lowest BCUT2D eigenvalue weighted by molar-refractivity contribution is -0.137. The molecule has 1 saturated heterocycles. The standard InChI is InChI=1S/C27H33F2N3O5/c1-3-32(22-8-10-36-11-9-22)24-7-5-18(20(16-35-2)13-27(33)34)12-23(24)31-21-6-4-19(15-30)25(14-21)37-17-26(28)29/h4-7,12,14,20,22,26,31H,3,8-11,13,16-17H2,1-2H3,(H,33,34). The SMILES string of the molecule is CCN(c1ccc(C(COC)CC(=O)O)cc1Nc1ccc(C#N)c(OCC(F)F)c1)C1CCOCC1. The van der Waals surface area contributed by atoms with E-state index in [9.17, 15) is 23.9 Å². The first kappa shape index (κ1) is 28.2. The summed E-state index contributed by atoms with van der Waals surface area (Å²) in [5.41, 5.74) is 3.14. The molecule has 37 heavy (non-hydrogen) atoms. The van der Waals surface area contributed by atoms with Gasteiger partial charge in [0.25, 0.3) is 6.43 Å². The number of carbonyl (C=O) groups is 1. The Morgan fingerprint density at radius 1 is 1.24 bits per heavy atom. The van der Waals surface area contributed by atoms with Crippen LogP contribution >= 0.6 is 0 Å². The fraction of sp³-hybridized carbons (Fsp3) is 0.481. The van der Waals surface area contributed by atoms with Crippen LogP contribution in [0.15, 0.2) is 36.4 Å². The summed E-state index contributed by atoms with van der Waals surface area (Å²) in [7, 11) is 1.53. The van der Waals surface area contributed by atoms with Crippen LogP contribution in [0.3, 0.4) is 0 Å². The van der Waals surface area contributed by atoms with Crippen molar-refractivity contribution in [2.45, 2.75) is 44.6 Å². The molecule has 2 N–H and O–H groups in total. The number of nitrogens with one attached hydrogen (secondary N) is 1. The maximum absolute atomic E-state index is 12.7. The number of halogens is 2. The summed E-state index contributed by atoms with van der Waals surface area (Å²) in [5.74, 6) is -1.22. The number of benzene rings is 2. The minimum Gasteiger partial charge on any atom is -0.486 e. The predicted molar refractivity (Wildman–Crippen MR) is 136 cm³/mol. The van der Waals surface area contributed by atoms with Gasteiger partial charge in [0.2, 0.25) is 0 Å². The third-order valence-electron chi connectivity index (χ3n) is 6.31. The Morgan fingerprint density at radius 3 is 2.62 bits per heavy atom. The number of aliphatic carboxylic acids is 1. The lowest BCUT2D eigenvalue weighted by Crippen LogP contribution is -2.39. The molecule has 1 unspecified atom stereocenters. The van der Waals surface area contributed by atoms with E-state index in [4.69, 9.17) is 14.2 Å². The number of rotatable bonds is 13. The normalized spacial score (nSPS) is 14.7. The molecule has 1 heterocycles. The Hall–Kier alpha value is -3.42. The summed E-state index contributed by atoms with van der Waals surface area (Å²) in [6.07, 6.45) is -1.01. The molecule has 0 spiro atoms. The highest BCUT2D eigenvalue weighted by Crippen LogP contribution is 2.36. The summed E-state index contributed by atoms with van der Waals surface area (Å²) in [5, 5.41) is 22.1. The van der Waals surface area contributed by atoms with Gasteiger partial charge < -0.3 is 29.5 Å². The maximum atomic E-state index is 12.7. The van der Waals surface area contributed by atoms with Gasteiger partial charge in [-0.2, -0.15) is 5.26 Å². The van der Waals surface area contributed by atoms with Crippen molar-refractivity contribution >= 4 is 23.0 Å². The molecule has 0 amide bonds. The largest absolute Gasteiger partial charge is 0.486 e. The van der Waals surface area contributed by atoms with E-state index < -0.39 is 19.0 Å². The van der Waals surface area contributed by atoms with Crippen molar-refractivity contribution in [2.75, 3.05) is 50.3 Å². The average molecular weight is 518 g/mol. The van der Waals surface area contributed by atoms with Gasteiger partial charge in [0, 0.05) is 50.6 Å². The maximum Gasteiger partial charge on any atom is 0.304 e. The average Bonchev–Trinajstić information content (AvgIpc) is 2.89. The molecule has 200 valence electrons. The molecule has 0 aromatic heterocycles. The molecule has 10 heteroatoms. The van der Waals surface area contributed by atoms with Crippen LogP contribution in [0.4, 0.5) is 25.8 Å². The predicted octanol–water partition coefficient (Wildman–Crippen LogP) is 5.16. The number of methoxy groups -OCH3 is 1. The first-order chi connectivity index (χ1) is 17.9. The topological polar surface area (TPSA) is 104 Å². The zero-order valence-electron chi connectivity index (χ0n) is 21.1. The van der Waals surface area contributed by atoms with Crippen molar-refractivity contribution < 1.29 is 32.9 Å². The molecule has 2 aromatic carbocycles. The fourth-order valence-corrected chi connectivity index (χ4v) is 4.59. The van der Waals surface area contributed by atoms with Crippen LogP contribution in [-0.2, 0) is 14.3 Å². The van der Waals surface area contributed by atoms with E-state index in [1.165, 1.54) is 19.2 Å². The third-order valence-corrected chi connectivity index (χ3v) is 6.31. The van der Waals surface area contributed by atoms with Gasteiger partial charge >= 0.3 is 5.97 Å². The van der Waals surface area contributed by atoms with Gasteiger partial charge in [-0.05, 0) is 49.6 Å². The zero-order valence-corrected chi connectivity index (χ0v) is 21.1. The van der Waals surface area contributed by atoms with Crippen LogP contribution in [0.2, 0.25) is 0 Å². The van der Waals surface area contributed by atoms with Gasteiger partial charge in [0.05, 0.1) is 30.0 Å². The molecular formula is C27H33F2N3O5. The summed E-state index contributed by atoms with van der Waals surface area (Å²) >= 11 is 0. The summed E-state index contributed by atoms with van der Waals surface area (Å²) in [6.45, 7) is 3.59. The quantitative estimate of drug-likeness (QED) is 0.376. The third kappa shape index (κ3) is 7.78. The molecule has 0 saturated carbocycles. The second-order valence-corrected chi connectivity index (χ2v) is 8.81. The molecule has 1 atom stereocenters. The monoisotopic (exact) mass is 517 g/mol. The Bertz CT molecular complexity index is 1090. The molecule has 0 bridgehead atoms. The van der Waals surface area contributed by atoms with Gasteiger partial charge in [-0.15, -0.1) is 0 Å². The summed E-state index contributed by atoms with van der Waals surface area (Å²) < 4.78 is 41.5. The van der Waals surface area contributed by atoms with E-state index in [1.54, 1.807) is 6.07 Å². The van der Waals surface area contributed by atoms with Crippen LogP contribution < -0.4 is 15.0 Å². The smallest absolute Gasteiger partial charge is 0.304 e. The van der Waals surface area contributed by atoms with E-state index in [0.717, 1.165) is 36.3 Å². The Morgan fingerprint density at radius 2 is 2.00 bits per heavy atom. The summed E-state index contributed by atoms with van der Waals surface area (Å²) in [4.78, 5) is 13.8. The molecule has 3 rings (SSSR count). The van der Waals surface area contributed by atoms with Gasteiger partial charge in [0.1, 0.15) is 18.4 Å². The van der Waals surface area contributed by atoms with Crippen LogP contribution in [0.25, 0.3) is 0 Å². The molecular weight excluding hydrogens is 484 g/mol. The van der Waals surface area contributed by atoms with Crippen molar-refractivity contribution in [3.8, 4) is 11.8 Å². The molecule has 1 aliphatic heterocycles. The van der Waals surface area contributed by atoms with Crippen LogP contribution in [0, 0.1) is 11.3 Å². The van der Waals surface area contributed by atoms with Gasteiger partial charge in [-0.1, -0.05) is 6.07 Å². The molecule has 8 nitrogen and oxygen atoms in total. The lowest BCUT2D eigenvalue weighted by Gasteiger charge is -2.37. The van der Waals surface area contributed by atoms with Crippen LogP contribution in [0.1, 0.15) is 43.2 Å². The highest BCUT2D eigenvalue weighted by atomic mass is 19.3. The van der Waals surface area contributed by atoms with Crippen molar-refractivity contribution in [3.63, 3.8) is 0 Å². The first-order valence-corrected chi connectivity index (χ1v) is 12.3. The Labute approximate surface area is 215 Å². The number of hydrogen-bond donors (Lipinski definition) is 2. The van der Waals surface area contributed by atoms with Gasteiger partial charge in [-0.3, -0.25) is 4.79 Å². The van der Waals surface area contributed by atoms with Gasteiger partial charge in [0.15, 0.2) is 0 Å². The van der Waals surface area contributed by atoms with Gasteiger partial charge in [-0.25, -0.2) is 8.78 Å². The second-order valence-electron chi connectivity index (χ2n) is 8.81. The van der Waals surface area contributed by atoms with Crippen molar-refractivity contribution in [1.82, 2.24) is 0 Å². The van der Waals surface area contributed by atoms with Crippen molar-refractivity contribution in [3.05, 3.63) is 47.5 Å². The van der Waals surface area contributed by atoms with E-state index in [-0.39, 0.29) is 36.3 Å². The Balaban J connectivity index is 2.03. The van der Waals surface area contributed by atoms with Crippen molar-refractivity contribution in [1.29, 1.82) is 5.26 Å². The highest BCUT2D eigenvalue weighted by molar-refractivity contribution is 5.78. The number of nitriles is 1. The van der Waals surface area contributed by atoms with E-state index in [0.29, 0.717) is 18.9 Å². The first-order valence-electron chi connectivity index (χ1n) is 12.3. The number of carboxylic acids is 1. The number of anilines is 3. The Kier molecular flexibility index (Phi) is 10.5. The lowest BCUT2D eigenvalue weighted by atomic mass is 9.94. The zero-order chi connectivity index (χ0) is 26.8. The summed E-state index contributed by atoms with van der Waals surface area (Å²) in [6, 6.07) is 12.7. The molecule has 0 radical (unpaired) electrons. The minimum absolute atomic E-state index is 0.0606. The number of nitrogens with zero attached hydrogens (tertiary/aromatic N) is 2. The number of ether oxygens (including phenoxy) is 3. The minimum atomic E-state index is -2.67. The number of alkyl halides is 2.